The van der Waals surface area contributed by atoms with Crippen LogP contribution in [-0.2, 0) is 0 Å². The molecule has 0 unspecified atom stereocenters. The van der Waals surface area contributed by atoms with Crippen LogP contribution in [-0.4, -0.2) is 4.98 Å². The lowest BCUT2D eigenvalue weighted by molar-refractivity contribution is 0.585. The molecule has 0 aliphatic carbocycles. The molecule has 0 spiro atoms. The molecule has 2 rings (SSSR count). The van der Waals surface area contributed by atoms with Crippen LogP contribution in [0.25, 0.3) is 11.3 Å². The second-order valence-electron chi connectivity index (χ2n) is 2.95. The van der Waals surface area contributed by atoms with Crippen molar-refractivity contribution < 1.29 is 4.39 Å². The zero-order valence-corrected chi connectivity index (χ0v) is 9.06. The first-order valence-corrected chi connectivity index (χ1v) is 5.01. The minimum Gasteiger partial charge on any atom is -0.220 e. The summed E-state index contributed by atoms with van der Waals surface area (Å²) >= 11 is 11.8. The van der Waals surface area contributed by atoms with E-state index in [1.165, 1.54) is 6.07 Å². The van der Waals surface area contributed by atoms with Gasteiger partial charge in [0.2, 0.25) is 5.95 Å². The highest BCUT2D eigenvalue weighted by Gasteiger charge is 2.08. The molecule has 2 aromatic rings. The van der Waals surface area contributed by atoms with Crippen molar-refractivity contribution in [2.45, 2.75) is 0 Å². The van der Waals surface area contributed by atoms with Crippen molar-refractivity contribution in [2.75, 3.05) is 0 Å². The molecular formula is C11H6Cl2FN. The van der Waals surface area contributed by atoms with E-state index in [2.05, 4.69) is 4.98 Å². The summed E-state index contributed by atoms with van der Waals surface area (Å²) in [7, 11) is 0. The van der Waals surface area contributed by atoms with E-state index in [4.69, 9.17) is 23.2 Å². The Balaban J connectivity index is 2.59. The molecule has 0 saturated heterocycles. The van der Waals surface area contributed by atoms with E-state index >= 15 is 0 Å². The molecule has 0 N–H and O–H groups in total. The van der Waals surface area contributed by atoms with Gasteiger partial charge in [-0.3, -0.25) is 0 Å². The van der Waals surface area contributed by atoms with Crippen LogP contribution in [0, 0.1) is 5.95 Å². The fourth-order valence-corrected chi connectivity index (χ4v) is 1.66. The predicted octanol–water partition coefficient (Wildman–Crippen LogP) is 4.19. The van der Waals surface area contributed by atoms with Crippen LogP contribution in [0.3, 0.4) is 0 Å². The summed E-state index contributed by atoms with van der Waals surface area (Å²) in [5.74, 6) is -0.538. The predicted molar refractivity (Wildman–Crippen MR) is 59.7 cm³/mol. The Bertz CT molecular complexity index is 500. The van der Waals surface area contributed by atoms with E-state index < -0.39 is 5.95 Å². The molecule has 0 saturated carbocycles. The molecule has 0 aliphatic rings. The highest BCUT2D eigenvalue weighted by atomic mass is 35.5. The number of benzene rings is 1. The Morgan fingerprint density at radius 3 is 2.47 bits per heavy atom. The topological polar surface area (TPSA) is 12.9 Å². The van der Waals surface area contributed by atoms with Gasteiger partial charge in [-0.25, -0.2) is 4.98 Å². The van der Waals surface area contributed by atoms with Gasteiger partial charge in [0.05, 0.1) is 15.7 Å². The average Bonchev–Trinajstić information content (AvgIpc) is 2.22. The smallest absolute Gasteiger partial charge is 0.213 e. The highest BCUT2D eigenvalue weighted by molar-refractivity contribution is 6.43. The molecule has 0 bridgehead atoms. The molecule has 0 amide bonds. The fourth-order valence-electron chi connectivity index (χ4n) is 1.26. The quantitative estimate of drug-likeness (QED) is 0.683. The molecule has 76 valence electrons. The van der Waals surface area contributed by atoms with Crippen LogP contribution in [0.1, 0.15) is 0 Å². The number of nitrogens with zero attached hydrogens (tertiary/aromatic N) is 1. The van der Waals surface area contributed by atoms with Gasteiger partial charge in [-0.05, 0) is 18.2 Å². The van der Waals surface area contributed by atoms with Crippen LogP contribution in [0.15, 0.2) is 36.4 Å². The Hall–Kier alpha value is -1.12. The average molecular weight is 242 g/mol. The summed E-state index contributed by atoms with van der Waals surface area (Å²) < 4.78 is 12.9. The summed E-state index contributed by atoms with van der Waals surface area (Å²) in [5.41, 5.74) is 1.10. The largest absolute Gasteiger partial charge is 0.220 e. The Labute approximate surface area is 96.5 Å². The van der Waals surface area contributed by atoms with Crippen molar-refractivity contribution >= 4 is 23.2 Å². The summed E-state index contributed by atoms with van der Waals surface area (Å²) in [5, 5.41) is 0.817. The second-order valence-corrected chi connectivity index (χ2v) is 3.73. The molecule has 0 atom stereocenters. The normalized spacial score (nSPS) is 10.3. The third kappa shape index (κ3) is 2.11. The van der Waals surface area contributed by atoms with E-state index in [1.807, 2.05) is 0 Å². The van der Waals surface area contributed by atoms with Crippen LogP contribution in [0.2, 0.25) is 10.0 Å². The number of hydrogen-bond donors (Lipinski definition) is 0. The van der Waals surface area contributed by atoms with E-state index in [0.717, 1.165) is 0 Å². The molecular weight excluding hydrogens is 236 g/mol. The summed E-state index contributed by atoms with van der Waals surface area (Å²) in [6.45, 7) is 0. The molecule has 1 aromatic carbocycles. The molecule has 0 aliphatic heterocycles. The minimum absolute atomic E-state index is 0.386. The first-order valence-electron chi connectivity index (χ1n) is 4.25. The number of halogens is 3. The standard InChI is InChI=1S/C11H6Cl2FN/c12-8-4-1-3-7(11(8)13)9-5-2-6-10(14)15-9/h1-6H. The Morgan fingerprint density at radius 2 is 1.73 bits per heavy atom. The van der Waals surface area contributed by atoms with Crippen molar-refractivity contribution in [3.05, 3.63) is 52.4 Å². The van der Waals surface area contributed by atoms with Gasteiger partial charge in [0.25, 0.3) is 0 Å². The zero-order valence-electron chi connectivity index (χ0n) is 7.55. The molecule has 4 heteroatoms. The van der Waals surface area contributed by atoms with Gasteiger partial charge in [-0.15, -0.1) is 0 Å². The molecule has 1 heterocycles. The first-order chi connectivity index (χ1) is 7.18. The van der Waals surface area contributed by atoms with Crippen molar-refractivity contribution in [3.8, 4) is 11.3 Å². The third-order valence-corrected chi connectivity index (χ3v) is 2.76. The van der Waals surface area contributed by atoms with Gasteiger partial charge in [0.15, 0.2) is 0 Å². The molecule has 1 nitrogen and oxygen atoms in total. The van der Waals surface area contributed by atoms with Crippen molar-refractivity contribution in [3.63, 3.8) is 0 Å². The Morgan fingerprint density at radius 1 is 1.00 bits per heavy atom. The van der Waals surface area contributed by atoms with Gasteiger partial charge in [-0.2, -0.15) is 4.39 Å². The van der Waals surface area contributed by atoms with E-state index in [-0.39, 0.29) is 0 Å². The lowest BCUT2D eigenvalue weighted by atomic mass is 10.1. The highest BCUT2D eigenvalue weighted by Crippen LogP contribution is 2.32. The van der Waals surface area contributed by atoms with E-state index in [9.17, 15) is 4.39 Å². The molecule has 0 radical (unpaired) electrons. The maximum absolute atomic E-state index is 12.9. The van der Waals surface area contributed by atoms with Gasteiger partial charge in [-0.1, -0.05) is 41.4 Å². The second kappa shape index (κ2) is 4.17. The zero-order chi connectivity index (χ0) is 10.8. The summed E-state index contributed by atoms with van der Waals surface area (Å²) in [6, 6.07) is 9.70. The third-order valence-electron chi connectivity index (χ3n) is 1.94. The van der Waals surface area contributed by atoms with Gasteiger partial charge in [0, 0.05) is 5.56 Å². The van der Waals surface area contributed by atoms with Gasteiger partial charge >= 0.3 is 0 Å². The Kier molecular flexibility index (Phi) is 2.89. The van der Waals surface area contributed by atoms with E-state index in [1.54, 1.807) is 30.3 Å². The lowest BCUT2D eigenvalue weighted by Gasteiger charge is -2.04. The van der Waals surface area contributed by atoms with Crippen LogP contribution >= 0.6 is 23.2 Å². The summed E-state index contributed by atoms with van der Waals surface area (Å²) in [6.07, 6.45) is 0. The van der Waals surface area contributed by atoms with Crippen molar-refractivity contribution in [2.24, 2.45) is 0 Å². The van der Waals surface area contributed by atoms with Crippen LogP contribution < -0.4 is 0 Å². The SMILES string of the molecule is Fc1cccc(-c2cccc(Cl)c2Cl)n1. The number of rotatable bonds is 1. The minimum atomic E-state index is -0.538. The monoisotopic (exact) mass is 241 g/mol. The number of aromatic nitrogens is 1. The first kappa shape index (κ1) is 10.4. The van der Waals surface area contributed by atoms with Crippen molar-refractivity contribution in [1.29, 1.82) is 0 Å². The lowest BCUT2D eigenvalue weighted by Crippen LogP contribution is -1.87. The van der Waals surface area contributed by atoms with Crippen LogP contribution in [0.4, 0.5) is 4.39 Å². The molecule has 1 aromatic heterocycles. The van der Waals surface area contributed by atoms with Gasteiger partial charge < -0.3 is 0 Å². The summed E-state index contributed by atoms with van der Waals surface area (Å²) in [4.78, 5) is 3.74. The number of hydrogen-bond acceptors (Lipinski definition) is 1. The van der Waals surface area contributed by atoms with Crippen molar-refractivity contribution in [1.82, 2.24) is 4.98 Å². The van der Waals surface area contributed by atoms with Crippen LogP contribution in [0.5, 0.6) is 0 Å². The van der Waals surface area contributed by atoms with E-state index in [0.29, 0.717) is 21.3 Å². The maximum atomic E-state index is 12.9. The molecule has 0 fully saturated rings. The molecule has 15 heavy (non-hydrogen) atoms. The van der Waals surface area contributed by atoms with Gasteiger partial charge in [0.1, 0.15) is 0 Å². The maximum Gasteiger partial charge on any atom is 0.213 e. The fraction of sp³-hybridized carbons (Fsp3) is 0. The number of pyridine rings is 1.